The second-order valence-electron chi connectivity index (χ2n) is 4.18. The lowest BCUT2D eigenvalue weighted by Crippen LogP contribution is -2.29. The van der Waals surface area contributed by atoms with E-state index in [9.17, 15) is 9.59 Å². The Hall–Kier alpha value is -2.04. The maximum atomic E-state index is 11.9. The van der Waals surface area contributed by atoms with Gasteiger partial charge in [0.2, 0.25) is 5.91 Å². The van der Waals surface area contributed by atoms with Crippen LogP contribution in [0.2, 0.25) is 0 Å². The van der Waals surface area contributed by atoms with Gasteiger partial charge in [-0.1, -0.05) is 0 Å². The number of amides is 1. The fraction of sp³-hybridized carbons (Fsp3) is 0.385. The Kier molecular flexibility index (Phi) is 3.50. The molecule has 1 aliphatic rings. The van der Waals surface area contributed by atoms with Gasteiger partial charge in [0.05, 0.1) is 13.5 Å². The number of carboxylic acid groups (broad SMARTS) is 1. The lowest BCUT2D eigenvalue weighted by atomic mass is 10.1. The first-order valence-corrected chi connectivity index (χ1v) is 5.81. The minimum absolute atomic E-state index is 0.0425. The predicted molar refractivity (Wildman–Crippen MR) is 65.9 cm³/mol. The molecule has 0 atom stereocenters. The maximum Gasteiger partial charge on any atom is 0.303 e. The lowest BCUT2D eigenvalue weighted by molar-refractivity contribution is -0.138. The van der Waals surface area contributed by atoms with Gasteiger partial charge in [-0.3, -0.25) is 9.59 Å². The van der Waals surface area contributed by atoms with E-state index in [1.807, 2.05) is 18.2 Å². The average Bonchev–Trinajstić information content (AvgIpc) is 2.78. The van der Waals surface area contributed by atoms with Gasteiger partial charge in [-0.2, -0.15) is 0 Å². The van der Waals surface area contributed by atoms with Crippen LogP contribution >= 0.6 is 0 Å². The van der Waals surface area contributed by atoms with Gasteiger partial charge in [0.25, 0.3) is 0 Å². The Balaban J connectivity index is 2.11. The molecule has 0 fully saturated rings. The zero-order chi connectivity index (χ0) is 13.1. The van der Waals surface area contributed by atoms with Crippen molar-refractivity contribution in [3.05, 3.63) is 23.8 Å². The van der Waals surface area contributed by atoms with Gasteiger partial charge >= 0.3 is 5.97 Å². The number of nitrogens with zero attached hydrogens (tertiary/aromatic N) is 1. The molecule has 1 amide bonds. The van der Waals surface area contributed by atoms with Gasteiger partial charge in [0.1, 0.15) is 5.75 Å². The molecule has 1 aromatic carbocycles. The topological polar surface area (TPSA) is 66.8 Å². The highest BCUT2D eigenvalue weighted by Gasteiger charge is 2.24. The van der Waals surface area contributed by atoms with Crippen LogP contribution in [0.25, 0.3) is 0 Å². The molecule has 0 saturated carbocycles. The summed E-state index contributed by atoms with van der Waals surface area (Å²) in [6.45, 7) is 0.612. The molecule has 1 N–H and O–H groups in total. The summed E-state index contributed by atoms with van der Waals surface area (Å²) in [5, 5.41) is 8.58. The number of rotatable bonds is 4. The van der Waals surface area contributed by atoms with E-state index in [1.54, 1.807) is 12.0 Å². The maximum absolute atomic E-state index is 11.9. The summed E-state index contributed by atoms with van der Waals surface area (Å²) < 4.78 is 5.13. The minimum Gasteiger partial charge on any atom is -0.497 e. The number of methoxy groups -OCH3 is 1. The zero-order valence-corrected chi connectivity index (χ0v) is 10.2. The Labute approximate surface area is 105 Å². The molecule has 0 aromatic heterocycles. The summed E-state index contributed by atoms with van der Waals surface area (Å²) in [5.41, 5.74) is 1.93. The van der Waals surface area contributed by atoms with Crippen LogP contribution in [-0.2, 0) is 16.0 Å². The normalized spacial score (nSPS) is 13.3. The molecule has 1 aromatic rings. The van der Waals surface area contributed by atoms with E-state index in [2.05, 4.69) is 0 Å². The fourth-order valence-electron chi connectivity index (χ4n) is 2.11. The number of carbonyl (C=O) groups excluding carboxylic acids is 1. The summed E-state index contributed by atoms with van der Waals surface area (Å²) in [7, 11) is 1.60. The highest BCUT2D eigenvalue weighted by atomic mass is 16.5. The molecule has 5 heteroatoms. The molecule has 0 unspecified atom stereocenters. The molecule has 0 saturated heterocycles. The van der Waals surface area contributed by atoms with Crippen molar-refractivity contribution in [3.63, 3.8) is 0 Å². The van der Waals surface area contributed by atoms with E-state index in [0.29, 0.717) is 6.54 Å². The number of hydrogen-bond acceptors (Lipinski definition) is 3. The van der Waals surface area contributed by atoms with Crippen molar-refractivity contribution < 1.29 is 19.4 Å². The summed E-state index contributed by atoms with van der Waals surface area (Å²) >= 11 is 0. The molecule has 1 aliphatic heterocycles. The van der Waals surface area contributed by atoms with Gasteiger partial charge < -0.3 is 14.7 Å². The number of ether oxygens (including phenoxy) is 1. The number of fused-ring (bicyclic) bond motifs is 1. The molecule has 0 spiro atoms. The fourth-order valence-corrected chi connectivity index (χ4v) is 2.11. The Morgan fingerprint density at radius 1 is 1.39 bits per heavy atom. The highest BCUT2D eigenvalue weighted by Crippen LogP contribution is 2.31. The van der Waals surface area contributed by atoms with Crippen LogP contribution in [0.1, 0.15) is 18.4 Å². The number of benzene rings is 1. The number of anilines is 1. The Morgan fingerprint density at radius 2 is 2.17 bits per heavy atom. The first kappa shape index (κ1) is 12.4. The highest BCUT2D eigenvalue weighted by molar-refractivity contribution is 5.96. The molecule has 0 bridgehead atoms. The Bertz CT molecular complexity index is 484. The van der Waals surface area contributed by atoms with Gasteiger partial charge in [-0.05, 0) is 30.2 Å². The molecule has 1 heterocycles. The van der Waals surface area contributed by atoms with E-state index in [0.717, 1.165) is 23.4 Å². The van der Waals surface area contributed by atoms with Crippen LogP contribution in [-0.4, -0.2) is 30.6 Å². The average molecular weight is 249 g/mol. The number of carboxylic acids is 1. The van der Waals surface area contributed by atoms with Crippen LogP contribution in [0, 0.1) is 0 Å². The van der Waals surface area contributed by atoms with Crippen LogP contribution in [0.15, 0.2) is 18.2 Å². The van der Waals surface area contributed by atoms with Crippen molar-refractivity contribution in [3.8, 4) is 5.75 Å². The van der Waals surface area contributed by atoms with E-state index in [1.165, 1.54) is 0 Å². The van der Waals surface area contributed by atoms with Gasteiger partial charge in [0, 0.05) is 18.7 Å². The summed E-state index contributed by atoms with van der Waals surface area (Å²) in [5.74, 6) is -0.313. The van der Waals surface area contributed by atoms with Gasteiger partial charge in [0.15, 0.2) is 0 Å². The van der Waals surface area contributed by atoms with E-state index in [-0.39, 0.29) is 18.7 Å². The third kappa shape index (κ3) is 2.45. The van der Waals surface area contributed by atoms with Crippen molar-refractivity contribution in [1.82, 2.24) is 0 Å². The predicted octanol–water partition coefficient (Wildman–Crippen LogP) is 1.45. The van der Waals surface area contributed by atoms with Crippen molar-refractivity contribution in [2.45, 2.75) is 19.3 Å². The van der Waals surface area contributed by atoms with Gasteiger partial charge in [-0.25, -0.2) is 0 Å². The van der Waals surface area contributed by atoms with Crippen LogP contribution < -0.4 is 9.64 Å². The minimum atomic E-state index is -0.947. The summed E-state index contributed by atoms with van der Waals surface area (Å²) in [6.07, 6.45) is 0.701. The first-order valence-electron chi connectivity index (χ1n) is 5.81. The third-order valence-corrected chi connectivity index (χ3v) is 3.04. The summed E-state index contributed by atoms with van der Waals surface area (Å²) in [6, 6.07) is 5.57. The number of aliphatic carboxylic acids is 1. The van der Waals surface area contributed by atoms with E-state index in [4.69, 9.17) is 9.84 Å². The number of carbonyl (C=O) groups is 2. The van der Waals surface area contributed by atoms with Crippen LogP contribution in [0.5, 0.6) is 5.75 Å². The quantitative estimate of drug-likeness (QED) is 0.877. The summed E-state index contributed by atoms with van der Waals surface area (Å²) in [4.78, 5) is 24.0. The SMILES string of the molecule is COc1ccc2c(c1)CCN2C(=O)CCC(=O)O. The molecule has 0 radical (unpaired) electrons. The first-order chi connectivity index (χ1) is 8.61. The smallest absolute Gasteiger partial charge is 0.303 e. The standard InChI is InChI=1S/C13H15NO4/c1-18-10-2-3-11-9(8-10)6-7-14(11)12(15)4-5-13(16)17/h2-3,8H,4-7H2,1H3,(H,16,17). The third-order valence-electron chi connectivity index (χ3n) is 3.04. The monoisotopic (exact) mass is 249 g/mol. The molecule has 5 nitrogen and oxygen atoms in total. The Morgan fingerprint density at radius 3 is 2.83 bits per heavy atom. The van der Waals surface area contributed by atoms with E-state index < -0.39 is 5.97 Å². The number of hydrogen-bond donors (Lipinski definition) is 1. The molecular weight excluding hydrogens is 234 g/mol. The van der Waals surface area contributed by atoms with Crippen LogP contribution in [0.3, 0.4) is 0 Å². The largest absolute Gasteiger partial charge is 0.497 e. The second-order valence-corrected chi connectivity index (χ2v) is 4.18. The zero-order valence-electron chi connectivity index (χ0n) is 10.2. The molecule has 96 valence electrons. The van der Waals surface area contributed by atoms with Crippen molar-refractivity contribution in [2.24, 2.45) is 0 Å². The van der Waals surface area contributed by atoms with E-state index >= 15 is 0 Å². The van der Waals surface area contributed by atoms with Crippen molar-refractivity contribution >= 4 is 17.6 Å². The van der Waals surface area contributed by atoms with Gasteiger partial charge in [-0.15, -0.1) is 0 Å². The molecule has 0 aliphatic carbocycles. The van der Waals surface area contributed by atoms with Crippen LogP contribution in [0.4, 0.5) is 5.69 Å². The second kappa shape index (κ2) is 5.08. The van der Waals surface area contributed by atoms with Crippen molar-refractivity contribution in [1.29, 1.82) is 0 Å². The molecular formula is C13H15NO4. The molecule has 2 rings (SSSR count). The lowest BCUT2D eigenvalue weighted by Gasteiger charge is -2.17. The molecule has 18 heavy (non-hydrogen) atoms. The van der Waals surface area contributed by atoms with Crippen molar-refractivity contribution in [2.75, 3.05) is 18.6 Å².